The Morgan fingerprint density at radius 3 is 2.55 bits per heavy atom. The van der Waals surface area contributed by atoms with Crippen molar-refractivity contribution in [1.82, 2.24) is 15.1 Å². The van der Waals surface area contributed by atoms with Gasteiger partial charge >= 0.3 is 0 Å². The van der Waals surface area contributed by atoms with Gasteiger partial charge in [-0.1, -0.05) is 19.1 Å². The van der Waals surface area contributed by atoms with Crippen LogP contribution in [0.5, 0.6) is 5.75 Å². The number of carbonyl (C=O) groups is 2. The molecule has 1 saturated heterocycles. The van der Waals surface area contributed by atoms with Gasteiger partial charge in [-0.2, -0.15) is 0 Å². The SMILES string of the molecule is C[C@@H](CC(N)=O)CC(=O)N(Cc1ccc(OCCCN(C)C)cc1)C1CCNC1. The molecule has 3 N–H and O–H groups in total. The van der Waals surface area contributed by atoms with E-state index in [1.165, 1.54) is 0 Å². The monoisotopic (exact) mass is 404 g/mol. The number of benzene rings is 1. The zero-order valence-electron chi connectivity index (χ0n) is 18.0. The summed E-state index contributed by atoms with van der Waals surface area (Å²) < 4.78 is 5.79. The van der Waals surface area contributed by atoms with Gasteiger partial charge in [0.2, 0.25) is 11.8 Å². The summed E-state index contributed by atoms with van der Waals surface area (Å²) in [7, 11) is 4.10. The fourth-order valence-electron chi connectivity index (χ4n) is 3.62. The molecular formula is C22H36N4O3. The Morgan fingerprint density at radius 1 is 1.24 bits per heavy atom. The van der Waals surface area contributed by atoms with E-state index in [0.29, 0.717) is 19.6 Å². The Labute approximate surface area is 174 Å². The number of rotatable bonds is 12. The van der Waals surface area contributed by atoms with Crippen LogP contribution >= 0.6 is 0 Å². The molecule has 1 unspecified atom stereocenters. The quantitative estimate of drug-likeness (QED) is 0.517. The van der Waals surface area contributed by atoms with Crippen LogP contribution in [0, 0.1) is 5.92 Å². The molecule has 0 bridgehead atoms. The second-order valence-corrected chi connectivity index (χ2v) is 8.30. The van der Waals surface area contributed by atoms with Crippen molar-refractivity contribution in [2.45, 2.75) is 45.2 Å². The van der Waals surface area contributed by atoms with Gasteiger partial charge in [-0.15, -0.1) is 0 Å². The summed E-state index contributed by atoms with van der Waals surface area (Å²) in [6.07, 6.45) is 2.51. The van der Waals surface area contributed by atoms with Crippen LogP contribution in [0.3, 0.4) is 0 Å². The summed E-state index contributed by atoms with van der Waals surface area (Å²) in [5.74, 6) is 0.523. The normalized spacial score (nSPS) is 17.3. The molecule has 2 atom stereocenters. The molecule has 0 aliphatic carbocycles. The van der Waals surface area contributed by atoms with Gasteiger partial charge in [0.1, 0.15) is 5.75 Å². The topological polar surface area (TPSA) is 87.9 Å². The van der Waals surface area contributed by atoms with Crippen LogP contribution < -0.4 is 15.8 Å². The van der Waals surface area contributed by atoms with Gasteiger partial charge in [-0.05, 0) is 57.1 Å². The van der Waals surface area contributed by atoms with Crippen molar-refractivity contribution in [1.29, 1.82) is 0 Å². The molecule has 1 aromatic rings. The average molecular weight is 405 g/mol. The van der Waals surface area contributed by atoms with Crippen LogP contribution in [0.15, 0.2) is 24.3 Å². The largest absolute Gasteiger partial charge is 0.494 e. The maximum absolute atomic E-state index is 12.9. The molecule has 1 aliphatic heterocycles. The molecule has 7 heteroatoms. The highest BCUT2D eigenvalue weighted by molar-refractivity contribution is 5.79. The number of amides is 2. The minimum absolute atomic E-state index is 0.0465. The Balaban J connectivity index is 1.94. The number of ether oxygens (including phenoxy) is 1. The molecule has 1 fully saturated rings. The molecule has 1 aromatic carbocycles. The first-order chi connectivity index (χ1) is 13.8. The number of hydrogen-bond acceptors (Lipinski definition) is 5. The Hall–Kier alpha value is -2.12. The van der Waals surface area contributed by atoms with Gasteiger partial charge in [0.25, 0.3) is 0 Å². The third kappa shape index (κ3) is 8.41. The van der Waals surface area contributed by atoms with Crippen molar-refractivity contribution in [3.8, 4) is 5.75 Å². The number of hydrogen-bond donors (Lipinski definition) is 2. The van der Waals surface area contributed by atoms with Gasteiger partial charge < -0.3 is 25.6 Å². The molecule has 2 amide bonds. The molecular weight excluding hydrogens is 368 g/mol. The molecule has 0 aromatic heterocycles. The summed E-state index contributed by atoms with van der Waals surface area (Å²) in [5.41, 5.74) is 6.35. The van der Waals surface area contributed by atoms with Crippen LogP contribution in [0.2, 0.25) is 0 Å². The summed E-state index contributed by atoms with van der Waals surface area (Å²) in [6, 6.07) is 8.17. The van der Waals surface area contributed by atoms with E-state index in [1.807, 2.05) is 36.1 Å². The van der Waals surface area contributed by atoms with E-state index in [-0.39, 0.29) is 30.2 Å². The smallest absolute Gasteiger partial charge is 0.223 e. The highest BCUT2D eigenvalue weighted by Crippen LogP contribution is 2.20. The van der Waals surface area contributed by atoms with Crippen LogP contribution in [0.1, 0.15) is 38.2 Å². The molecule has 0 saturated carbocycles. The first-order valence-corrected chi connectivity index (χ1v) is 10.5. The van der Waals surface area contributed by atoms with Gasteiger partial charge in [-0.25, -0.2) is 0 Å². The Kier molecular flexibility index (Phi) is 9.41. The van der Waals surface area contributed by atoms with Crippen LogP contribution in [-0.4, -0.2) is 68.0 Å². The van der Waals surface area contributed by atoms with E-state index in [2.05, 4.69) is 24.3 Å². The van der Waals surface area contributed by atoms with E-state index >= 15 is 0 Å². The molecule has 2 rings (SSSR count). The zero-order chi connectivity index (χ0) is 21.2. The summed E-state index contributed by atoms with van der Waals surface area (Å²) in [5, 5.41) is 3.33. The number of nitrogens with zero attached hydrogens (tertiary/aromatic N) is 2. The van der Waals surface area contributed by atoms with Crippen molar-refractivity contribution >= 4 is 11.8 Å². The Bertz CT molecular complexity index is 642. The molecule has 0 spiro atoms. The fourth-order valence-corrected chi connectivity index (χ4v) is 3.62. The predicted molar refractivity (Wildman–Crippen MR) is 115 cm³/mol. The minimum atomic E-state index is -0.361. The fraction of sp³-hybridized carbons (Fsp3) is 0.636. The second-order valence-electron chi connectivity index (χ2n) is 8.30. The number of carbonyl (C=O) groups excluding carboxylic acids is 2. The lowest BCUT2D eigenvalue weighted by Gasteiger charge is -2.30. The van der Waals surface area contributed by atoms with Crippen LogP contribution in [0.4, 0.5) is 0 Å². The van der Waals surface area contributed by atoms with Crippen molar-refractivity contribution in [3.63, 3.8) is 0 Å². The van der Waals surface area contributed by atoms with Crippen molar-refractivity contribution in [3.05, 3.63) is 29.8 Å². The summed E-state index contributed by atoms with van der Waals surface area (Å²) >= 11 is 0. The lowest BCUT2D eigenvalue weighted by atomic mass is 10.0. The molecule has 162 valence electrons. The van der Waals surface area contributed by atoms with E-state index < -0.39 is 0 Å². The van der Waals surface area contributed by atoms with Gasteiger partial charge in [0, 0.05) is 38.5 Å². The van der Waals surface area contributed by atoms with Crippen LogP contribution in [0.25, 0.3) is 0 Å². The standard InChI is InChI=1S/C22H36N4O3/c1-17(13-21(23)27)14-22(28)26(19-9-10-24-15-19)16-18-5-7-20(8-6-18)29-12-4-11-25(2)3/h5-8,17,19,24H,4,9-16H2,1-3H3,(H2,23,27)/t17-,19?/m0/s1. The van der Waals surface area contributed by atoms with E-state index in [9.17, 15) is 9.59 Å². The van der Waals surface area contributed by atoms with Crippen molar-refractivity contribution in [2.75, 3.05) is 40.3 Å². The Morgan fingerprint density at radius 2 is 1.97 bits per heavy atom. The lowest BCUT2D eigenvalue weighted by molar-refractivity contribution is -0.135. The number of primary amides is 1. The first-order valence-electron chi connectivity index (χ1n) is 10.5. The third-order valence-corrected chi connectivity index (χ3v) is 5.16. The molecule has 1 heterocycles. The van der Waals surface area contributed by atoms with Gasteiger partial charge in [-0.3, -0.25) is 9.59 Å². The van der Waals surface area contributed by atoms with Gasteiger partial charge in [0.15, 0.2) is 0 Å². The summed E-state index contributed by atoms with van der Waals surface area (Å²) in [6.45, 7) is 5.88. The number of nitrogens with one attached hydrogen (secondary N) is 1. The van der Waals surface area contributed by atoms with E-state index in [4.69, 9.17) is 10.5 Å². The maximum atomic E-state index is 12.9. The van der Waals surface area contributed by atoms with E-state index in [1.54, 1.807) is 0 Å². The summed E-state index contributed by atoms with van der Waals surface area (Å²) in [4.78, 5) is 28.2. The zero-order valence-corrected chi connectivity index (χ0v) is 18.0. The highest BCUT2D eigenvalue weighted by atomic mass is 16.5. The van der Waals surface area contributed by atoms with Crippen molar-refractivity contribution < 1.29 is 14.3 Å². The lowest BCUT2D eigenvalue weighted by Crippen LogP contribution is -2.41. The second kappa shape index (κ2) is 11.8. The van der Waals surface area contributed by atoms with Crippen LogP contribution in [-0.2, 0) is 16.1 Å². The predicted octanol–water partition coefficient (Wildman–Crippen LogP) is 1.61. The maximum Gasteiger partial charge on any atom is 0.223 e. The highest BCUT2D eigenvalue weighted by Gasteiger charge is 2.27. The first kappa shape index (κ1) is 23.2. The molecule has 7 nitrogen and oxygen atoms in total. The average Bonchev–Trinajstić information content (AvgIpc) is 3.17. The molecule has 1 aliphatic rings. The van der Waals surface area contributed by atoms with Crippen molar-refractivity contribution in [2.24, 2.45) is 11.7 Å². The minimum Gasteiger partial charge on any atom is -0.494 e. The third-order valence-electron chi connectivity index (χ3n) is 5.16. The number of nitrogens with two attached hydrogens (primary N) is 1. The van der Waals surface area contributed by atoms with Gasteiger partial charge in [0.05, 0.1) is 6.61 Å². The van der Waals surface area contributed by atoms with E-state index in [0.717, 1.165) is 43.8 Å². The molecule has 29 heavy (non-hydrogen) atoms. The molecule has 0 radical (unpaired) electrons.